The molecule has 0 radical (unpaired) electrons. The summed E-state index contributed by atoms with van der Waals surface area (Å²) in [6, 6.07) is 10.8. The highest BCUT2D eigenvalue weighted by Gasteiger charge is 2.12. The zero-order valence-corrected chi connectivity index (χ0v) is 16.8. The van der Waals surface area contributed by atoms with Crippen LogP contribution in [0.25, 0.3) is 0 Å². The molecule has 0 saturated heterocycles. The third kappa shape index (κ3) is 6.12. The van der Waals surface area contributed by atoms with Crippen LogP contribution in [0.5, 0.6) is 17.2 Å². The number of benzene rings is 2. The summed E-state index contributed by atoms with van der Waals surface area (Å²) in [6.45, 7) is 5.14. The number of aryl methyl sites for hydroxylation is 1. The van der Waals surface area contributed by atoms with Crippen LogP contribution < -0.4 is 14.2 Å². The molecule has 28 heavy (non-hydrogen) atoms. The number of carbonyl (C=O) groups is 2. The summed E-state index contributed by atoms with van der Waals surface area (Å²) in [7, 11) is 1.50. The first-order valence-corrected chi connectivity index (χ1v) is 9.61. The molecule has 2 aromatic carbocycles. The number of rotatable bonds is 12. The van der Waals surface area contributed by atoms with E-state index in [1.165, 1.54) is 7.11 Å². The van der Waals surface area contributed by atoms with Crippen molar-refractivity contribution in [3.8, 4) is 17.2 Å². The summed E-state index contributed by atoms with van der Waals surface area (Å²) >= 11 is 0. The summed E-state index contributed by atoms with van der Waals surface area (Å²) < 4.78 is 16.7. The van der Waals surface area contributed by atoms with Crippen LogP contribution in [-0.4, -0.2) is 32.4 Å². The second kappa shape index (κ2) is 11.1. The molecular weight excluding hydrogens is 356 g/mol. The van der Waals surface area contributed by atoms with Crippen molar-refractivity contribution in [3.63, 3.8) is 0 Å². The fourth-order valence-electron chi connectivity index (χ4n) is 2.90. The molecular formula is C23H28O5. The van der Waals surface area contributed by atoms with Gasteiger partial charge < -0.3 is 14.2 Å². The summed E-state index contributed by atoms with van der Waals surface area (Å²) in [4.78, 5) is 23.3. The molecule has 0 heterocycles. The van der Waals surface area contributed by atoms with Gasteiger partial charge in [-0.1, -0.05) is 12.1 Å². The molecule has 2 aromatic rings. The molecule has 0 spiro atoms. The second-order valence-corrected chi connectivity index (χ2v) is 6.54. The predicted molar refractivity (Wildman–Crippen MR) is 109 cm³/mol. The van der Waals surface area contributed by atoms with E-state index in [0.29, 0.717) is 36.5 Å². The van der Waals surface area contributed by atoms with Gasteiger partial charge in [-0.3, -0.25) is 9.59 Å². The molecule has 150 valence electrons. The number of Topliss-reactive ketones (excluding diaryl/α,β-unsaturated/α-hetero) is 1. The highest BCUT2D eigenvalue weighted by molar-refractivity contribution is 5.99. The third-order valence-corrected chi connectivity index (χ3v) is 4.37. The lowest BCUT2D eigenvalue weighted by atomic mass is 10.0. The molecule has 2 rings (SSSR count). The first-order valence-electron chi connectivity index (χ1n) is 9.61. The van der Waals surface area contributed by atoms with E-state index in [1.807, 2.05) is 32.0 Å². The minimum Gasteiger partial charge on any atom is -0.496 e. The second-order valence-electron chi connectivity index (χ2n) is 6.54. The van der Waals surface area contributed by atoms with Crippen molar-refractivity contribution in [1.82, 2.24) is 0 Å². The van der Waals surface area contributed by atoms with E-state index in [0.717, 1.165) is 42.6 Å². The fraction of sp³-hybridized carbons (Fsp3) is 0.391. The fourth-order valence-corrected chi connectivity index (χ4v) is 2.90. The highest BCUT2D eigenvalue weighted by Crippen LogP contribution is 2.28. The largest absolute Gasteiger partial charge is 0.496 e. The molecule has 0 aromatic heterocycles. The van der Waals surface area contributed by atoms with Gasteiger partial charge in [0.25, 0.3) is 0 Å². The highest BCUT2D eigenvalue weighted by atomic mass is 16.5. The average Bonchev–Trinajstić information content (AvgIpc) is 2.71. The van der Waals surface area contributed by atoms with Crippen molar-refractivity contribution in [1.29, 1.82) is 0 Å². The van der Waals surface area contributed by atoms with Crippen molar-refractivity contribution in [2.75, 3.05) is 20.3 Å². The molecule has 0 N–H and O–H groups in total. The Morgan fingerprint density at radius 1 is 0.964 bits per heavy atom. The molecule has 0 atom stereocenters. The van der Waals surface area contributed by atoms with Crippen LogP contribution in [0, 0.1) is 6.92 Å². The van der Waals surface area contributed by atoms with Gasteiger partial charge in [0.05, 0.1) is 25.9 Å². The summed E-state index contributed by atoms with van der Waals surface area (Å²) in [5.41, 5.74) is 2.14. The predicted octanol–water partition coefficient (Wildman–Crippen LogP) is 5.04. The Labute approximate surface area is 166 Å². The van der Waals surface area contributed by atoms with Crippen LogP contribution in [0.1, 0.15) is 58.9 Å². The van der Waals surface area contributed by atoms with Gasteiger partial charge >= 0.3 is 0 Å². The molecule has 0 saturated carbocycles. The maximum Gasteiger partial charge on any atom is 0.166 e. The molecule has 0 fully saturated rings. The van der Waals surface area contributed by atoms with Crippen molar-refractivity contribution in [2.24, 2.45) is 0 Å². The normalized spacial score (nSPS) is 10.4. The van der Waals surface area contributed by atoms with Crippen LogP contribution in [0.4, 0.5) is 0 Å². The Hall–Kier alpha value is -2.82. The Balaban J connectivity index is 1.76. The molecule has 0 aliphatic rings. The van der Waals surface area contributed by atoms with Crippen molar-refractivity contribution < 1.29 is 23.8 Å². The SMILES string of the molecule is CCOc1cc(C)ccc1OCCCCCC(=O)c1ccc(C=O)cc1OC. The first kappa shape index (κ1) is 21.5. The number of ether oxygens (including phenoxy) is 3. The molecule has 0 amide bonds. The summed E-state index contributed by atoms with van der Waals surface area (Å²) in [5, 5.41) is 0. The van der Waals surface area contributed by atoms with Gasteiger partial charge in [0.2, 0.25) is 0 Å². The minimum absolute atomic E-state index is 0.0207. The van der Waals surface area contributed by atoms with Crippen LogP contribution in [0.3, 0.4) is 0 Å². The van der Waals surface area contributed by atoms with Gasteiger partial charge in [0.1, 0.15) is 12.0 Å². The average molecular weight is 384 g/mol. The molecule has 5 nitrogen and oxygen atoms in total. The Bertz CT molecular complexity index is 798. The lowest BCUT2D eigenvalue weighted by Crippen LogP contribution is -2.04. The van der Waals surface area contributed by atoms with Crippen molar-refractivity contribution in [2.45, 2.75) is 39.5 Å². The lowest BCUT2D eigenvalue weighted by molar-refractivity contribution is 0.0974. The Kier molecular flexibility index (Phi) is 8.53. The minimum atomic E-state index is 0.0207. The van der Waals surface area contributed by atoms with E-state index in [2.05, 4.69) is 0 Å². The van der Waals surface area contributed by atoms with Crippen LogP contribution in [0.2, 0.25) is 0 Å². The maximum absolute atomic E-state index is 12.4. The van der Waals surface area contributed by atoms with Gasteiger partial charge in [-0.05, 0) is 62.9 Å². The van der Waals surface area contributed by atoms with Gasteiger partial charge in [0.15, 0.2) is 17.3 Å². The van der Waals surface area contributed by atoms with E-state index in [-0.39, 0.29) is 5.78 Å². The zero-order chi connectivity index (χ0) is 20.4. The molecule has 0 aliphatic carbocycles. The molecule has 0 bridgehead atoms. The van der Waals surface area contributed by atoms with Crippen LogP contribution in [-0.2, 0) is 0 Å². The van der Waals surface area contributed by atoms with E-state index >= 15 is 0 Å². The lowest BCUT2D eigenvalue weighted by Gasteiger charge is -2.12. The van der Waals surface area contributed by atoms with Crippen molar-refractivity contribution >= 4 is 12.1 Å². The number of ketones is 1. The van der Waals surface area contributed by atoms with Gasteiger partial charge in [-0.2, -0.15) is 0 Å². The van der Waals surface area contributed by atoms with Crippen LogP contribution in [0.15, 0.2) is 36.4 Å². The van der Waals surface area contributed by atoms with Gasteiger partial charge in [-0.15, -0.1) is 0 Å². The smallest absolute Gasteiger partial charge is 0.166 e. The molecule has 0 aliphatic heterocycles. The third-order valence-electron chi connectivity index (χ3n) is 4.37. The number of aldehydes is 1. The monoisotopic (exact) mass is 384 g/mol. The van der Waals surface area contributed by atoms with E-state index in [1.54, 1.807) is 18.2 Å². The number of unbranched alkanes of at least 4 members (excludes halogenated alkanes) is 2. The topological polar surface area (TPSA) is 61.8 Å². The van der Waals surface area contributed by atoms with Crippen molar-refractivity contribution in [3.05, 3.63) is 53.1 Å². The van der Waals surface area contributed by atoms with Crippen LogP contribution >= 0.6 is 0 Å². The number of hydrogen-bond acceptors (Lipinski definition) is 5. The Morgan fingerprint density at radius 2 is 1.79 bits per heavy atom. The molecule has 0 unspecified atom stereocenters. The van der Waals surface area contributed by atoms with Gasteiger partial charge in [0, 0.05) is 12.0 Å². The standard InChI is InChI=1S/C23H28O5/c1-4-27-23-14-17(2)9-12-21(23)28-13-7-5-6-8-20(25)19-11-10-18(16-24)15-22(19)26-3/h9-12,14-16H,4-8,13H2,1-3H3. The van der Waals surface area contributed by atoms with E-state index in [4.69, 9.17) is 14.2 Å². The Morgan fingerprint density at radius 3 is 2.50 bits per heavy atom. The van der Waals surface area contributed by atoms with E-state index in [9.17, 15) is 9.59 Å². The number of hydrogen-bond donors (Lipinski definition) is 0. The van der Waals surface area contributed by atoms with E-state index < -0.39 is 0 Å². The number of carbonyl (C=O) groups excluding carboxylic acids is 2. The first-order chi connectivity index (χ1) is 13.6. The number of methoxy groups -OCH3 is 1. The summed E-state index contributed by atoms with van der Waals surface area (Å²) in [5.74, 6) is 1.99. The van der Waals surface area contributed by atoms with Gasteiger partial charge in [-0.25, -0.2) is 0 Å². The zero-order valence-electron chi connectivity index (χ0n) is 16.8. The molecule has 5 heteroatoms. The maximum atomic E-state index is 12.4. The quantitative estimate of drug-likeness (QED) is 0.291. The summed E-state index contributed by atoms with van der Waals surface area (Å²) in [6.07, 6.45) is 3.69.